The summed E-state index contributed by atoms with van der Waals surface area (Å²) < 4.78 is 0. The molecule has 1 fully saturated rings. The summed E-state index contributed by atoms with van der Waals surface area (Å²) in [4.78, 5) is 22.3. The van der Waals surface area contributed by atoms with Crippen molar-refractivity contribution in [1.29, 1.82) is 0 Å². The summed E-state index contributed by atoms with van der Waals surface area (Å²) in [5, 5.41) is 10.6. The van der Waals surface area contributed by atoms with Crippen LogP contribution in [0.2, 0.25) is 0 Å². The van der Waals surface area contributed by atoms with Gasteiger partial charge in [0.15, 0.2) is 5.65 Å². The molecular formula is C13H19N7O. The Morgan fingerprint density at radius 1 is 1.48 bits per heavy atom. The predicted molar refractivity (Wildman–Crippen MR) is 80.0 cm³/mol. The highest BCUT2D eigenvalue weighted by atomic mass is 16.1. The van der Waals surface area contributed by atoms with E-state index in [0.717, 1.165) is 18.2 Å². The third-order valence-corrected chi connectivity index (χ3v) is 3.88. The predicted octanol–water partition coefficient (Wildman–Crippen LogP) is 0.629. The number of primary amides is 1. The molecule has 2 heterocycles. The molecule has 0 saturated heterocycles. The fourth-order valence-electron chi connectivity index (χ4n) is 2.91. The SMILES string of the molecule is CNc1nc(N(CC(N)=O)C2CCCC2)c2cn[nH]c2n1. The van der Waals surface area contributed by atoms with Gasteiger partial charge in [-0.2, -0.15) is 15.1 Å². The molecule has 0 aliphatic heterocycles. The molecule has 2 aromatic heterocycles. The van der Waals surface area contributed by atoms with Crippen LogP contribution in [-0.2, 0) is 4.79 Å². The van der Waals surface area contributed by atoms with Gasteiger partial charge in [0.05, 0.1) is 18.1 Å². The standard InChI is InChI=1S/C13H19N7O/c1-15-13-17-11-9(6-16-19-11)12(18-13)20(7-10(14)21)8-4-2-3-5-8/h6,8H,2-5,7H2,1H3,(H2,14,21)(H2,15,16,17,18,19). The summed E-state index contributed by atoms with van der Waals surface area (Å²) in [5.74, 6) is 0.848. The van der Waals surface area contributed by atoms with Gasteiger partial charge in [-0.3, -0.25) is 9.89 Å². The molecule has 1 aliphatic rings. The Morgan fingerprint density at radius 2 is 2.24 bits per heavy atom. The molecule has 0 aromatic carbocycles. The van der Waals surface area contributed by atoms with Gasteiger partial charge in [0, 0.05) is 13.1 Å². The molecule has 1 aliphatic carbocycles. The molecule has 4 N–H and O–H groups in total. The van der Waals surface area contributed by atoms with E-state index in [1.807, 2.05) is 4.90 Å². The van der Waals surface area contributed by atoms with Crippen molar-refractivity contribution in [2.45, 2.75) is 31.7 Å². The lowest BCUT2D eigenvalue weighted by atomic mass is 10.2. The molecular weight excluding hydrogens is 270 g/mol. The smallest absolute Gasteiger partial charge is 0.237 e. The maximum atomic E-state index is 11.5. The quantitative estimate of drug-likeness (QED) is 0.744. The third-order valence-electron chi connectivity index (χ3n) is 3.88. The van der Waals surface area contributed by atoms with Crippen LogP contribution >= 0.6 is 0 Å². The number of anilines is 2. The van der Waals surface area contributed by atoms with Crippen molar-refractivity contribution in [1.82, 2.24) is 20.2 Å². The molecule has 8 heteroatoms. The van der Waals surface area contributed by atoms with E-state index in [1.54, 1.807) is 13.2 Å². The molecule has 1 saturated carbocycles. The highest BCUT2D eigenvalue weighted by Crippen LogP contribution is 2.31. The second-order valence-electron chi connectivity index (χ2n) is 5.29. The largest absolute Gasteiger partial charge is 0.368 e. The Morgan fingerprint density at radius 3 is 2.90 bits per heavy atom. The Labute approximate surface area is 122 Å². The highest BCUT2D eigenvalue weighted by Gasteiger charge is 2.27. The minimum atomic E-state index is -0.358. The summed E-state index contributed by atoms with van der Waals surface area (Å²) in [6.07, 6.45) is 6.11. The Bertz CT molecular complexity index is 647. The number of hydrogen-bond acceptors (Lipinski definition) is 6. The molecule has 2 aromatic rings. The zero-order valence-electron chi connectivity index (χ0n) is 12.0. The fourth-order valence-corrected chi connectivity index (χ4v) is 2.91. The number of carbonyl (C=O) groups excluding carboxylic acids is 1. The van der Waals surface area contributed by atoms with E-state index in [0.29, 0.717) is 17.4 Å². The second-order valence-corrected chi connectivity index (χ2v) is 5.29. The van der Waals surface area contributed by atoms with Crippen LogP contribution in [0.4, 0.5) is 11.8 Å². The molecule has 3 rings (SSSR count). The lowest BCUT2D eigenvalue weighted by molar-refractivity contribution is -0.116. The molecule has 0 bridgehead atoms. The van der Waals surface area contributed by atoms with E-state index in [4.69, 9.17) is 5.73 Å². The minimum Gasteiger partial charge on any atom is -0.368 e. The molecule has 112 valence electrons. The molecule has 0 spiro atoms. The molecule has 0 unspecified atom stereocenters. The first-order valence-corrected chi connectivity index (χ1v) is 7.13. The first-order chi connectivity index (χ1) is 10.2. The van der Waals surface area contributed by atoms with E-state index in [2.05, 4.69) is 25.5 Å². The molecule has 0 atom stereocenters. The first kappa shape index (κ1) is 13.6. The van der Waals surface area contributed by atoms with Crippen molar-refractivity contribution in [3.8, 4) is 0 Å². The number of aromatic nitrogens is 4. The molecule has 21 heavy (non-hydrogen) atoms. The number of H-pyrrole nitrogens is 1. The monoisotopic (exact) mass is 289 g/mol. The average molecular weight is 289 g/mol. The van der Waals surface area contributed by atoms with Crippen LogP contribution in [0.25, 0.3) is 11.0 Å². The third kappa shape index (κ3) is 2.61. The van der Waals surface area contributed by atoms with Gasteiger partial charge >= 0.3 is 0 Å². The number of carbonyl (C=O) groups is 1. The second kappa shape index (κ2) is 5.55. The van der Waals surface area contributed by atoms with Gasteiger partial charge in [0.2, 0.25) is 11.9 Å². The number of rotatable bonds is 5. The summed E-state index contributed by atoms with van der Waals surface area (Å²) in [7, 11) is 1.76. The molecule has 1 amide bonds. The van der Waals surface area contributed by atoms with Crippen LogP contribution in [0.3, 0.4) is 0 Å². The number of nitrogens with one attached hydrogen (secondary N) is 2. The summed E-state index contributed by atoms with van der Waals surface area (Å²) >= 11 is 0. The van der Waals surface area contributed by atoms with Gasteiger partial charge in [0.25, 0.3) is 0 Å². The van der Waals surface area contributed by atoms with Crippen LogP contribution in [0, 0.1) is 0 Å². The minimum absolute atomic E-state index is 0.158. The Balaban J connectivity index is 2.08. The first-order valence-electron chi connectivity index (χ1n) is 7.13. The van der Waals surface area contributed by atoms with Gasteiger partial charge < -0.3 is 16.0 Å². The maximum absolute atomic E-state index is 11.5. The lowest BCUT2D eigenvalue weighted by Crippen LogP contribution is -2.41. The number of nitrogens with zero attached hydrogens (tertiary/aromatic N) is 4. The van der Waals surface area contributed by atoms with Crippen LogP contribution in [0.5, 0.6) is 0 Å². The van der Waals surface area contributed by atoms with E-state index in [9.17, 15) is 4.79 Å². The normalized spacial score (nSPS) is 15.5. The van der Waals surface area contributed by atoms with Crippen molar-refractivity contribution in [3.63, 3.8) is 0 Å². The highest BCUT2D eigenvalue weighted by molar-refractivity contribution is 5.90. The number of aromatic amines is 1. The Kier molecular flexibility index (Phi) is 3.59. The van der Waals surface area contributed by atoms with Crippen molar-refractivity contribution in [3.05, 3.63) is 6.20 Å². The van der Waals surface area contributed by atoms with Gasteiger partial charge in [-0.1, -0.05) is 12.8 Å². The Hall–Kier alpha value is -2.38. The van der Waals surface area contributed by atoms with Gasteiger partial charge in [-0.15, -0.1) is 0 Å². The zero-order valence-corrected chi connectivity index (χ0v) is 12.0. The zero-order chi connectivity index (χ0) is 14.8. The maximum Gasteiger partial charge on any atom is 0.237 e. The summed E-state index contributed by atoms with van der Waals surface area (Å²) in [5.41, 5.74) is 6.08. The van der Waals surface area contributed by atoms with Gasteiger partial charge in [-0.05, 0) is 12.8 Å². The summed E-state index contributed by atoms with van der Waals surface area (Å²) in [6, 6.07) is 0.287. The van der Waals surface area contributed by atoms with Crippen molar-refractivity contribution in [2.24, 2.45) is 5.73 Å². The van der Waals surface area contributed by atoms with Crippen LogP contribution in [-0.4, -0.2) is 45.7 Å². The van der Waals surface area contributed by atoms with Crippen molar-refractivity contribution in [2.75, 3.05) is 23.8 Å². The van der Waals surface area contributed by atoms with Crippen LogP contribution in [0.15, 0.2) is 6.20 Å². The molecule has 8 nitrogen and oxygen atoms in total. The van der Waals surface area contributed by atoms with Gasteiger partial charge in [0.1, 0.15) is 5.82 Å². The number of fused-ring (bicyclic) bond motifs is 1. The number of hydrogen-bond donors (Lipinski definition) is 3. The van der Waals surface area contributed by atoms with Crippen molar-refractivity contribution < 1.29 is 4.79 Å². The van der Waals surface area contributed by atoms with E-state index in [1.165, 1.54) is 12.8 Å². The van der Waals surface area contributed by atoms with Crippen molar-refractivity contribution >= 4 is 28.7 Å². The van der Waals surface area contributed by atoms with Crippen LogP contribution < -0.4 is 16.0 Å². The van der Waals surface area contributed by atoms with E-state index >= 15 is 0 Å². The number of amides is 1. The van der Waals surface area contributed by atoms with E-state index in [-0.39, 0.29) is 18.5 Å². The molecule has 0 radical (unpaired) electrons. The van der Waals surface area contributed by atoms with E-state index < -0.39 is 0 Å². The topological polar surface area (TPSA) is 113 Å². The number of nitrogens with two attached hydrogens (primary N) is 1. The average Bonchev–Trinajstić information content (AvgIpc) is 3.14. The summed E-state index contributed by atoms with van der Waals surface area (Å²) in [6.45, 7) is 0.158. The lowest BCUT2D eigenvalue weighted by Gasteiger charge is -2.29. The van der Waals surface area contributed by atoms with Crippen LogP contribution in [0.1, 0.15) is 25.7 Å². The van der Waals surface area contributed by atoms with Gasteiger partial charge in [-0.25, -0.2) is 0 Å². The fraction of sp³-hybridized carbons (Fsp3) is 0.538.